The molecule has 1 aromatic carbocycles. The fraction of sp³-hybridized carbons (Fsp3) is 0.0769. The van der Waals surface area contributed by atoms with Gasteiger partial charge in [-0.1, -0.05) is 0 Å². The van der Waals surface area contributed by atoms with Crippen LogP contribution in [-0.4, -0.2) is 28.8 Å². The third kappa shape index (κ3) is 3.35. The molecule has 2 rings (SSSR count). The van der Waals surface area contributed by atoms with Crippen molar-refractivity contribution in [2.24, 2.45) is 0 Å². The van der Waals surface area contributed by atoms with Crippen molar-refractivity contribution in [1.82, 2.24) is 0 Å². The number of carbonyl (C=O) groups is 2. The van der Waals surface area contributed by atoms with Gasteiger partial charge in [-0.15, -0.1) is 11.3 Å². The van der Waals surface area contributed by atoms with Crippen LogP contribution in [0.1, 0.15) is 20.0 Å². The van der Waals surface area contributed by atoms with E-state index in [0.29, 0.717) is 6.07 Å². The number of non-ortho nitro benzene ring substituents is 1. The van der Waals surface area contributed by atoms with Crippen LogP contribution in [0.15, 0.2) is 29.6 Å². The number of nitro benzene ring substituents is 2. The first-order valence-electron chi connectivity index (χ1n) is 6.25. The van der Waals surface area contributed by atoms with Crippen molar-refractivity contribution in [2.45, 2.75) is 0 Å². The molecule has 0 fully saturated rings. The predicted molar refractivity (Wildman–Crippen MR) is 83.4 cm³/mol. The summed E-state index contributed by atoms with van der Waals surface area (Å²) < 4.78 is 4.56. The van der Waals surface area contributed by atoms with Crippen molar-refractivity contribution < 1.29 is 24.2 Å². The highest BCUT2D eigenvalue weighted by Crippen LogP contribution is 2.28. The van der Waals surface area contributed by atoms with Gasteiger partial charge >= 0.3 is 5.97 Å². The van der Waals surface area contributed by atoms with Crippen LogP contribution in [0.25, 0.3) is 0 Å². The maximum absolute atomic E-state index is 12.2. The predicted octanol–water partition coefficient (Wildman–Crippen LogP) is 2.60. The Hall–Kier alpha value is -3.34. The van der Waals surface area contributed by atoms with Crippen molar-refractivity contribution in [3.63, 3.8) is 0 Å². The number of thiophene rings is 1. The molecular weight excluding hydrogens is 342 g/mol. The van der Waals surface area contributed by atoms with Crippen LogP contribution in [0.3, 0.4) is 0 Å². The summed E-state index contributed by atoms with van der Waals surface area (Å²) in [6.07, 6.45) is 0. The highest BCUT2D eigenvalue weighted by atomic mass is 32.1. The normalized spacial score (nSPS) is 10.0. The Balaban J connectivity index is 2.37. The molecule has 1 amide bonds. The fourth-order valence-corrected chi connectivity index (χ4v) is 2.59. The minimum atomic E-state index is -0.892. The molecule has 1 heterocycles. The van der Waals surface area contributed by atoms with Gasteiger partial charge in [0.05, 0.1) is 28.7 Å². The van der Waals surface area contributed by atoms with E-state index in [2.05, 4.69) is 10.1 Å². The van der Waals surface area contributed by atoms with Crippen LogP contribution >= 0.6 is 11.3 Å². The van der Waals surface area contributed by atoms with Gasteiger partial charge in [0.1, 0.15) is 10.4 Å². The number of hydrogen-bond donors (Lipinski definition) is 1. The number of rotatable bonds is 5. The van der Waals surface area contributed by atoms with Gasteiger partial charge in [0, 0.05) is 6.07 Å². The summed E-state index contributed by atoms with van der Waals surface area (Å²) in [4.78, 5) is 44.0. The molecule has 124 valence electrons. The topological polar surface area (TPSA) is 142 Å². The van der Waals surface area contributed by atoms with Gasteiger partial charge in [-0.3, -0.25) is 25.0 Å². The summed E-state index contributed by atoms with van der Waals surface area (Å²) in [5.41, 5.74) is -1.46. The van der Waals surface area contributed by atoms with Crippen molar-refractivity contribution in [1.29, 1.82) is 0 Å². The number of amides is 1. The Morgan fingerprint density at radius 2 is 1.88 bits per heavy atom. The minimum absolute atomic E-state index is 0.121. The molecule has 0 saturated carbocycles. The molecule has 0 atom stereocenters. The molecule has 10 nitrogen and oxygen atoms in total. The van der Waals surface area contributed by atoms with Crippen molar-refractivity contribution >= 4 is 40.3 Å². The number of methoxy groups -OCH3 is 1. The number of ether oxygens (including phenoxy) is 1. The highest BCUT2D eigenvalue weighted by molar-refractivity contribution is 7.12. The lowest BCUT2D eigenvalue weighted by atomic mass is 10.1. The number of anilines is 1. The Morgan fingerprint density at radius 3 is 2.46 bits per heavy atom. The molecular formula is C13H9N3O7S. The first-order valence-corrected chi connectivity index (χ1v) is 7.13. The molecule has 0 radical (unpaired) electrons. The average molecular weight is 351 g/mol. The van der Waals surface area contributed by atoms with E-state index in [1.165, 1.54) is 18.6 Å². The number of benzene rings is 1. The van der Waals surface area contributed by atoms with Crippen LogP contribution in [0, 0.1) is 20.2 Å². The van der Waals surface area contributed by atoms with Crippen LogP contribution in [0.5, 0.6) is 0 Å². The second-order valence-electron chi connectivity index (χ2n) is 4.32. The van der Waals surface area contributed by atoms with Gasteiger partial charge in [-0.25, -0.2) is 4.79 Å². The van der Waals surface area contributed by atoms with Crippen molar-refractivity contribution in [3.05, 3.63) is 60.3 Å². The molecule has 24 heavy (non-hydrogen) atoms. The summed E-state index contributed by atoms with van der Waals surface area (Å²) >= 11 is 1.02. The summed E-state index contributed by atoms with van der Waals surface area (Å²) in [7, 11) is 1.18. The number of esters is 1. The Labute approximate surface area is 138 Å². The number of nitro groups is 2. The van der Waals surface area contributed by atoms with E-state index in [-0.39, 0.29) is 16.1 Å². The minimum Gasteiger partial charge on any atom is -0.465 e. The molecule has 2 aromatic rings. The molecule has 0 saturated heterocycles. The number of nitrogens with one attached hydrogen (secondary N) is 1. The van der Waals surface area contributed by atoms with Gasteiger partial charge in [0.25, 0.3) is 17.3 Å². The van der Waals surface area contributed by atoms with E-state index in [1.54, 1.807) is 0 Å². The zero-order valence-corrected chi connectivity index (χ0v) is 12.9. The lowest BCUT2D eigenvalue weighted by Crippen LogP contribution is -2.15. The summed E-state index contributed by atoms with van der Waals surface area (Å²) in [5, 5.41) is 25.7. The van der Waals surface area contributed by atoms with E-state index < -0.39 is 33.1 Å². The lowest BCUT2D eigenvalue weighted by molar-refractivity contribution is -0.394. The van der Waals surface area contributed by atoms with Gasteiger partial charge < -0.3 is 10.1 Å². The number of carbonyl (C=O) groups excluding carboxylic acids is 2. The third-order valence-corrected chi connectivity index (χ3v) is 3.81. The zero-order chi connectivity index (χ0) is 17.9. The maximum Gasteiger partial charge on any atom is 0.350 e. The van der Waals surface area contributed by atoms with E-state index in [9.17, 15) is 29.8 Å². The Morgan fingerprint density at radius 1 is 1.17 bits per heavy atom. The van der Waals surface area contributed by atoms with Gasteiger partial charge in [-0.05, 0) is 17.5 Å². The van der Waals surface area contributed by atoms with Crippen LogP contribution in [0.4, 0.5) is 17.1 Å². The highest BCUT2D eigenvalue weighted by Gasteiger charge is 2.25. The zero-order valence-electron chi connectivity index (χ0n) is 12.0. The summed E-state index contributed by atoms with van der Waals surface area (Å²) in [5.74, 6) is -1.54. The molecule has 0 aliphatic heterocycles. The van der Waals surface area contributed by atoms with Crippen LogP contribution in [0.2, 0.25) is 0 Å². The van der Waals surface area contributed by atoms with Crippen molar-refractivity contribution in [2.75, 3.05) is 12.4 Å². The molecule has 0 bridgehead atoms. The van der Waals surface area contributed by atoms with Crippen LogP contribution < -0.4 is 5.32 Å². The van der Waals surface area contributed by atoms with E-state index >= 15 is 0 Å². The molecule has 1 aromatic heterocycles. The van der Waals surface area contributed by atoms with E-state index in [0.717, 1.165) is 23.5 Å². The number of nitrogens with zero attached hydrogens (tertiary/aromatic N) is 2. The van der Waals surface area contributed by atoms with Gasteiger partial charge in [0.15, 0.2) is 0 Å². The summed E-state index contributed by atoms with van der Waals surface area (Å²) in [6.45, 7) is 0. The lowest BCUT2D eigenvalue weighted by Gasteiger charge is -2.06. The van der Waals surface area contributed by atoms with E-state index in [4.69, 9.17) is 0 Å². The smallest absolute Gasteiger partial charge is 0.350 e. The second-order valence-corrected chi connectivity index (χ2v) is 5.24. The first kappa shape index (κ1) is 17.0. The Bertz CT molecular complexity index is 846. The van der Waals surface area contributed by atoms with Gasteiger partial charge in [0.2, 0.25) is 0 Å². The molecule has 0 unspecified atom stereocenters. The Kier molecular flexibility index (Phi) is 4.84. The molecule has 1 N–H and O–H groups in total. The largest absolute Gasteiger partial charge is 0.465 e. The quantitative estimate of drug-likeness (QED) is 0.495. The second kappa shape index (κ2) is 6.83. The monoisotopic (exact) mass is 351 g/mol. The third-order valence-electron chi connectivity index (χ3n) is 2.92. The van der Waals surface area contributed by atoms with E-state index in [1.807, 2.05) is 0 Å². The first-order chi connectivity index (χ1) is 11.3. The number of hydrogen-bond acceptors (Lipinski definition) is 8. The molecule has 11 heteroatoms. The standard InChI is InChI=1S/C13H9N3O7S/c1-23-13(18)11-9(4-5-24-11)14-12(17)8-3-2-7(15(19)20)6-10(8)16(21)22/h2-6H,1H3,(H,14,17). The molecule has 0 aliphatic rings. The maximum atomic E-state index is 12.2. The molecule has 0 spiro atoms. The summed E-state index contributed by atoms with van der Waals surface area (Å²) in [6, 6.07) is 4.10. The SMILES string of the molecule is COC(=O)c1sccc1NC(=O)c1ccc([N+](=O)[O-])cc1[N+](=O)[O-]. The molecule has 0 aliphatic carbocycles. The van der Waals surface area contributed by atoms with Crippen molar-refractivity contribution in [3.8, 4) is 0 Å². The average Bonchev–Trinajstić information content (AvgIpc) is 3.01. The van der Waals surface area contributed by atoms with Crippen LogP contribution in [-0.2, 0) is 4.74 Å². The van der Waals surface area contributed by atoms with Gasteiger partial charge in [-0.2, -0.15) is 0 Å². The fourth-order valence-electron chi connectivity index (χ4n) is 1.82.